The summed E-state index contributed by atoms with van der Waals surface area (Å²) in [5, 5.41) is 3.13. The molecule has 2 aromatic carbocycles. The lowest BCUT2D eigenvalue weighted by Gasteiger charge is -2.26. The zero-order chi connectivity index (χ0) is 23.7. The number of hydrogen-bond donors (Lipinski definition) is 1. The van der Waals surface area contributed by atoms with Gasteiger partial charge in [-0.25, -0.2) is 8.42 Å². The number of ether oxygens (including phenoxy) is 2. The van der Waals surface area contributed by atoms with Gasteiger partial charge in [0, 0.05) is 18.2 Å². The molecule has 0 unspecified atom stereocenters. The van der Waals surface area contributed by atoms with E-state index in [1.165, 1.54) is 44.6 Å². The Morgan fingerprint density at radius 2 is 1.85 bits per heavy atom. The van der Waals surface area contributed by atoms with Crippen molar-refractivity contribution in [3.8, 4) is 5.75 Å². The Morgan fingerprint density at radius 1 is 1.12 bits per heavy atom. The molecule has 1 N–H and O–H groups in total. The van der Waals surface area contributed by atoms with Crippen LogP contribution in [0.5, 0.6) is 5.75 Å². The number of benzene rings is 2. The van der Waals surface area contributed by atoms with Gasteiger partial charge in [0.1, 0.15) is 12.3 Å². The molecule has 0 spiro atoms. The molecule has 0 heterocycles. The summed E-state index contributed by atoms with van der Waals surface area (Å²) in [6, 6.07) is 12.6. The molecule has 2 aromatic rings. The minimum Gasteiger partial charge on any atom is -0.495 e. The molecule has 1 saturated carbocycles. The number of sulfonamides is 1. The van der Waals surface area contributed by atoms with Gasteiger partial charge in [0.2, 0.25) is 5.91 Å². The van der Waals surface area contributed by atoms with E-state index in [2.05, 4.69) is 5.32 Å². The highest BCUT2D eigenvalue weighted by Crippen LogP contribution is 2.34. The predicted molar refractivity (Wildman–Crippen MR) is 129 cm³/mol. The minimum absolute atomic E-state index is 0.0701. The molecule has 7 nitrogen and oxygen atoms in total. The largest absolute Gasteiger partial charge is 0.495 e. The minimum atomic E-state index is -4.04. The molecule has 3 rings (SSSR count). The molecule has 0 atom stereocenters. The van der Waals surface area contributed by atoms with Crippen molar-refractivity contribution in [2.45, 2.75) is 49.5 Å². The van der Waals surface area contributed by atoms with Crippen LogP contribution in [-0.4, -0.2) is 47.2 Å². The van der Waals surface area contributed by atoms with E-state index in [1.54, 1.807) is 30.3 Å². The van der Waals surface area contributed by atoms with E-state index in [0.29, 0.717) is 36.4 Å². The molecular formula is C24H31ClN2O5S. The molecule has 1 amide bonds. The third kappa shape index (κ3) is 7.09. The number of rotatable bonds is 11. The monoisotopic (exact) mass is 494 g/mol. The second-order valence-electron chi connectivity index (χ2n) is 7.98. The van der Waals surface area contributed by atoms with E-state index in [0.717, 1.165) is 17.1 Å². The molecule has 1 fully saturated rings. The fourth-order valence-corrected chi connectivity index (χ4v) is 5.46. The Balaban J connectivity index is 1.68. The molecule has 33 heavy (non-hydrogen) atoms. The van der Waals surface area contributed by atoms with Gasteiger partial charge < -0.3 is 14.8 Å². The van der Waals surface area contributed by atoms with Crippen molar-refractivity contribution >= 4 is 33.2 Å². The average Bonchev–Trinajstić information content (AvgIpc) is 2.83. The van der Waals surface area contributed by atoms with Crippen molar-refractivity contribution in [2.75, 3.05) is 31.1 Å². The molecule has 0 aliphatic heterocycles. The normalized spacial score (nSPS) is 14.6. The Hall–Kier alpha value is -2.29. The highest BCUT2D eigenvalue weighted by molar-refractivity contribution is 7.92. The number of amides is 1. The predicted octanol–water partition coefficient (Wildman–Crippen LogP) is 4.40. The molecule has 1 aliphatic rings. The first-order valence-corrected chi connectivity index (χ1v) is 13.0. The van der Waals surface area contributed by atoms with E-state index in [-0.39, 0.29) is 10.6 Å². The van der Waals surface area contributed by atoms with Crippen LogP contribution in [0, 0.1) is 0 Å². The maximum atomic E-state index is 13.4. The first-order valence-electron chi connectivity index (χ1n) is 11.2. The van der Waals surface area contributed by atoms with Gasteiger partial charge in [0.15, 0.2) is 0 Å². The van der Waals surface area contributed by atoms with Gasteiger partial charge in [0.05, 0.1) is 23.8 Å². The molecule has 9 heteroatoms. The summed E-state index contributed by atoms with van der Waals surface area (Å²) in [6.07, 6.45) is 6.86. The third-order valence-corrected chi connectivity index (χ3v) is 7.59. The number of halogens is 1. The highest BCUT2D eigenvalue weighted by atomic mass is 35.5. The van der Waals surface area contributed by atoms with Crippen LogP contribution in [0.2, 0.25) is 5.02 Å². The van der Waals surface area contributed by atoms with Crippen molar-refractivity contribution in [3.05, 3.63) is 53.6 Å². The zero-order valence-corrected chi connectivity index (χ0v) is 20.4. The SMILES string of the molecule is COc1ccc(Cl)cc1N(CC(=O)NCCCOC1CCCCC1)S(=O)(=O)c1ccccc1. The van der Waals surface area contributed by atoms with E-state index in [9.17, 15) is 13.2 Å². The first kappa shape index (κ1) is 25.3. The van der Waals surface area contributed by atoms with Crippen LogP contribution in [0.3, 0.4) is 0 Å². The zero-order valence-electron chi connectivity index (χ0n) is 18.8. The van der Waals surface area contributed by atoms with Gasteiger partial charge >= 0.3 is 0 Å². The Bertz CT molecular complexity index is 1010. The summed E-state index contributed by atoms with van der Waals surface area (Å²) < 4.78 is 39.1. The van der Waals surface area contributed by atoms with Crippen molar-refractivity contribution in [3.63, 3.8) is 0 Å². The lowest BCUT2D eigenvalue weighted by atomic mass is 9.98. The van der Waals surface area contributed by atoms with Gasteiger partial charge in [-0.05, 0) is 49.6 Å². The fraction of sp³-hybridized carbons (Fsp3) is 0.458. The van der Waals surface area contributed by atoms with Gasteiger partial charge in [-0.2, -0.15) is 0 Å². The van der Waals surface area contributed by atoms with Crippen LogP contribution in [-0.2, 0) is 19.6 Å². The Labute approximate surface area is 201 Å². The summed E-state index contributed by atoms with van der Waals surface area (Å²) >= 11 is 6.14. The fourth-order valence-electron chi connectivity index (χ4n) is 3.85. The number of anilines is 1. The summed E-state index contributed by atoms with van der Waals surface area (Å²) in [5.74, 6) is -0.123. The van der Waals surface area contributed by atoms with Crippen LogP contribution in [0.1, 0.15) is 38.5 Å². The van der Waals surface area contributed by atoms with Crippen molar-refractivity contribution in [2.24, 2.45) is 0 Å². The number of nitrogens with one attached hydrogen (secondary N) is 1. The van der Waals surface area contributed by atoms with Crippen molar-refractivity contribution < 1.29 is 22.7 Å². The summed E-state index contributed by atoms with van der Waals surface area (Å²) in [6.45, 7) is 0.563. The van der Waals surface area contributed by atoms with Crippen molar-refractivity contribution in [1.82, 2.24) is 5.32 Å². The topological polar surface area (TPSA) is 84.9 Å². The molecule has 0 bridgehead atoms. The maximum Gasteiger partial charge on any atom is 0.264 e. The number of carbonyl (C=O) groups is 1. The van der Waals surface area contributed by atoms with Crippen LogP contribution in [0.15, 0.2) is 53.4 Å². The summed E-state index contributed by atoms with van der Waals surface area (Å²) in [7, 11) is -2.60. The van der Waals surface area contributed by atoms with Crippen LogP contribution < -0.4 is 14.4 Å². The first-order chi connectivity index (χ1) is 15.9. The van der Waals surface area contributed by atoms with Crippen LogP contribution in [0.25, 0.3) is 0 Å². The summed E-state index contributed by atoms with van der Waals surface area (Å²) in [5.41, 5.74) is 0.199. The van der Waals surface area contributed by atoms with E-state index in [4.69, 9.17) is 21.1 Å². The number of carbonyl (C=O) groups excluding carboxylic acids is 1. The molecule has 0 saturated heterocycles. The van der Waals surface area contributed by atoms with E-state index < -0.39 is 22.5 Å². The van der Waals surface area contributed by atoms with E-state index in [1.807, 2.05) is 0 Å². The van der Waals surface area contributed by atoms with Crippen LogP contribution in [0.4, 0.5) is 5.69 Å². The van der Waals surface area contributed by atoms with E-state index >= 15 is 0 Å². The van der Waals surface area contributed by atoms with Gasteiger partial charge in [0.25, 0.3) is 10.0 Å². The van der Waals surface area contributed by atoms with Crippen LogP contribution >= 0.6 is 11.6 Å². The third-order valence-electron chi connectivity index (χ3n) is 5.58. The quantitative estimate of drug-likeness (QED) is 0.468. The second-order valence-corrected chi connectivity index (χ2v) is 10.3. The lowest BCUT2D eigenvalue weighted by Crippen LogP contribution is -2.41. The average molecular weight is 495 g/mol. The number of methoxy groups -OCH3 is 1. The molecular weight excluding hydrogens is 464 g/mol. The van der Waals surface area contributed by atoms with Gasteiger partial charge in [-0.3, -0.25) is 9.10 Å². The highest BCUT2D eigenvalue weighted by Gasteiger charge is 2.29. The van der Waals surface area contributed by atoms with Gasteiger partial charge in [-0.15, -0.1) is 0 Å². The molecule has 180 valence electrons. The second kappa shape index (κ2) is 12.3. The molecule has 0 aromatic heterocycles. The molecule has 1 aliphatic carbocycles. The number of nitrogens with zero attached hydrogens (tertiary/aromatic N) is 1. The Morgan fingerprint density at radius 3 is 2.55 bits per heavy atom. The smallest absolute Gasteiger partial charge is 0.264 e. The standard InChI is InChI=1S/C24H31ClN2O5S/c1-31-23-14-13-19(25)17-22(23)27(33(29,30)21-11-6-3-7-12-21)18-24(28)26-15-8-16-32-20-9-4-2-5-10-20/h3,6-7,11-14,17,20H,2,4-5,8-10,15-16,18H2,1H3,(H,26,28). The lowest BCUT2D eigenvalue weighted by molar-refractivity contribution is -0.119. The van der Waals surface area contributed by atoms with Crippen molar-refractivity contribution in [1.29, 1.82) is 0 Å². The van der Waals surface area contributed by atoms with Gasteiger partial charge in [-0.1, -0.05) is 49.1 Å². The Kier molecular flexibility index (Phi) is 9.41. The number of hydrogen-bond acceptors (Lipinski definition) is 5. The maximum absolute atomic E-state index is 13.4. The summed E-state index contributed by atoms with van der Waals surface area (Å²) in [4.78, 5) is 12.8. The molecule has 0 radical (unpaired) electrons.